The minimum Gasteiger partial charge on any atom is -0.325 e. The second kappa shape index (κ2) is 10.6. The Morgan fingerprint density at radius 2 is 1.48 bits per heavy atom. The van der Waals surface area contributed by atoms with Gasteiger partial charge in [-0.2, -0.15) is 0 Å². The van der Waals surface area contributed by atoms with Gasteiger partial charge in [-0.05, 0) is 55.3 Å². The third kappa shape index (κ3) is 6.43. The van der Waals surface area contributed by atoms with Gasteiger partial charge in [0, 0.05) is 16.6 Å². The van der Waals surface area contributed by atoms with E-state index in [9.17, 15) is 13.2 Å². The summed E-state index contributed by atoms with van der Waals surface area (Å²) < 4.78 is 27.5. The van der Waals surface area contributed by atoms with E-state index in [4.69, 9.17) is 0 Å². The lowest BCUT2D eigenvalue weighted by Gasteiger charge is -2.17. The second-order valence-corrected chi connectivity index (χ2v) is 10.1. The molecule has 2 N–H and O–H groups in total. The van der Waals surface area contributed by atoms with Gasteiger partial charge in [0.1, 0.15) is 5.25 Å². The van der Waals surface area contributed by atoms with Crippen LogP contribution in [0.4, 0.5) is 5.69 Å². The molecule has 0 saturated heterocycles. The molecule has 0 aromatic heterocycles. The molecular formula is C24H26N2O3S2. The molecule has 3 rings (SSSR count). The number of sulfonamides is 1. The highest BCUT2D eigenvalue weighted by atomic mass is 32.2. The van der Waals surface area contributed by atoms with Crippen molar-refractivity contribution in [2.75, 3.05) is 5.32 Å². The number of carbonyl (C=O) groups excluding carboxylic acids is 1. The molecule has 3 aromatic rings. The Labute approximate surface area is 188 Å². The van der Waals surface area contributed by atoms with E-state index in [-0.39, 0.29) is 16.8 Å². The number of hydrogen-bond acceptors (Lipinski definition) is 4. The number of carbonyl (C=O) groups is 1. The fraction of sp³-hybridized carbons (Fsp3) is 0.208. The number of rotatable bonds is 9. The molecular weight excluding hydrogens is 428 g/mol. The quantitative estimate of drug-likeness (QED) is 0.434. The van der Waals surface area contributed by atoms with Crippen LogP contribution in [0.3, 0.4) is 0 Å². The molecule has 1 amide bonds. The Bertz CT molecular complexity index is 1090. The zero-order valence-electron chi connectivity index (χ0n) is 17.5. The van der Waals surface area contributed by atoms with Gasteiger partial charge < -0.3 is 5.32 Å². The van der Waals surface area contributed by atoms with Gasteiger partial charge in [0.05, 0.1) is 4.90 Å². The molecule has 0 bridgehead atoms. The van der Waals surface area contributed by atoms with Crippen LogP contribution in [0.25, 0.3) is 0 Å². The lowest BCUT2D eigenvalue weighted by molar-refractivity contribution is -0.115. The molecule has 0 aliphatic heterocycles. The van der Waals surface area contributed by atoms with Crippen molar-refractivity contribution in [1.29, 1.82) is 0 Å². The van der Waals surface area contributed by atoms with Crippen molar-refractivity contribution in [1.82, 2.24) is 4.72 Å². The summed E-state index contributed by atoms with van der Waals surface area (Å²) in [5.41, 5.74) is 1.44. The van der Waals surface area contributed by atoms with Gasteiger partial charge in [-0.15, -0.1) is 11.8 Å². The summed E-state index contributed by atoms with van der Waals surface area (Å²) in [6, 6.07) is 25.4. The third-order valence-electron chi connectivity index (χ3n) is 4.74. The van der Waals surface area contributed by atoms with Crippen LogP contribution < -0.4 is 10.0 Å². The van der Waals surface area contributed by atoms with Crippen LogP contribution in [0, 0.1) is 0 Å². The lowest BCUT2D eigenvalue weighted by atomic mass is 10.1. The number of anilines is 1. The van der Waals surface area contributed by atoms with Crippen LogP contribution in [0.1, 0.15) is 31.1 Å². The summed E-state index contributed by atoms with van der Waals surface area (Å²) in [5.74, 6) is -0.173. The molecule has 0 heterocycles. The Morgan fingerprint density at radius 1 is 0.903 bits per heavy atom. The molecule has 162 valence electrons. The van der Waals surface area contributed by atoms with Crippen molar-refractivity contribution < 1.29 is 13.2 Å². The van der Waals surface area contributed by atoms with E-state index >= 15 is 0 Å². The van der Waals surface area contributed by atoms with E-state index in [0.29, 0.717) is 12.1 Å². The maximum Gasteiger partial charge on any atom is 0.242 e. The van der Waals surface area contributed by atoms with Gasteiger partial charge in [0.2, 0.25) is 15.9 Å². The minimum atomic E-state index is -3.58. The molecule has 0 radical (unpaired) electrons. The van der Waals surface area contributed by atoms with Crippen molar-refractivity contribution in [2.24, 2.45) is 0 Å². The minimum absolute atomic E-state index is 0.147. The summed E-state index contributed by atoms with van der Waals surface area (Å²) in [5, 5.41) is 2.47. The first-order valence-electron chi connectivity index (χ1n) is 10.1. The standard InChI is InChI=1S/C24H26N2O3S2/c1-3-18(2)26-31(28,29)22-16-14-20(15-17-22)25-24(27)23(19-10-6-4-7-11-19)30-21-12-8-5-9-13-21/h4-18,23,26H,3H2,1-2H3,(H,25,27)/t18-,23-/m1/s1. The smallest absolute Gasteiger partial charge is 0.242 e. The predicted molar refractivity (Wildman–Crippen MR) is 127 cm³/mol. The number of amides is 1. The van der Waals surface area contributed by atoms with Crippen molar-refractivity contribution in [2.45, 2.75) is 41.4 Å². The first-order chi connectivity index (χ1) is 14.9. The Morgan fingerprint density at radius 3 is 2.06 bits per heavy atom. The average Bonchev–Trinajstić information content (AvgIpc) is 2.78. The molecule has 5 nitrogen and oxygen atoms in total. The van der Waals surface area contributed by atoms with E-state index in [1.165, 1.54) is 23.9 Å². The van der Waals surface area contributed by atoms with Crippen LogP contribution in [-0.4, -0.2) is 20.4 Å². The van der Waals surface area contributed by atoms with Gasteiger partial charge in [0.15, 0.2) is 0 Å². The van der Waals surface area contributed by atoms with Crippen LogP contribution in [0.5, 0.6) is 0 Å². The average molecular weight is 455 g/mol. The second-order valence-electron chi connectivity index (χ2n) is 7.17. The fourth-order valence-corrected chi connectivity index (χ4v) is 5.25. The summed E-state index contributed by atoms with van der Waals surface area (Å²) >= 11 is 1.47. The van der Waals surface area contributed by atoms with Gasteiger partial charge in [-0.25, -0.2) is 13.1 Å². The highest BCUT2D eigenvalue weighted by Crippen LogP contribution is 2.36. The maximum absolute atomic E-state index is 13.1. The number of nitrogens with one attached hydrogen (secondary N) is 2. The van der Waals surface area contributed by atoms with Crippen molar-refractivity contribution in [3.8, 4) is 0 Å². The largest absolute Gasteiger partial charge is 0.325 e. The predicted octanol–water partition coefficient (Wildman–Crippen LogP) is 5.24. The third-order valence-corrected chi connectivity index (χ3v) is 7.61. The molecule has 2 atom stereocenters. The van der Waals surface area contributed by atoms with E-state index in [1.54, 1.807) is 12.1 Å². The van der Waals surface area contributed by atoms with Gasteiger partial charge in [-0.1, -0.05) is 55.5 Å². The SMILES string of the molecule is CC[C@@H](C)NS(=O)(=O)c1ccc(NC(=O)[C@H](Sc2ccccc2)c2ccccc2)cc1. The zero-order valence-corrected chi connectivity index (χ0v) is 19.1. The molecule has 3 aromatic carbocycles. The molecule has 0 spiro atoms. The van der Waals surface area contributed by atoms with E-state index in [0.717, 1.165) is 10.5 Å². The number of hydrogen-bond donors (Lipinski definition) is 2. The van der Waals surface area contributed by atoms with E-state index in [2.05, 4.69) is 10.0 Å². The van der Waals surface area contributed by atoms with Crippen molar-refractivity contribution >= 4 is 33.4 Å². The molecule has 0 aliphatic rings. The topological polar surface area (TPSA) is 75.3 Å². The fourth-order valence-electron chi connectivity index (χ4n) is 2.88. The molecule has 0 aliphatic carbocycles. The monoisotopic (exact) mass is 454 g/mol. The summed E-state index contributed by atoms with van der Waals surface area (Å²) in [6.45, 7) is 3.74. The molecule has 0 fully saturated rings. The molecule has 31 heavy (non-hydrogen) atoms. The summed E-state index contributed by atoms with van der Waals surface area (Å²) in [4.78, 5) is 14.3. The van der Waals surface area contributed by atoms with Gasteiger partial charge in [-0.3, -0.25) is 4.79 Å². The maximum atomic E-state index is 13.1. The van der Waals surface area contributed by atoms with Crippen LogP contribution in [0.15, 0.2) is 94.7 Å². The van der Waals surface area contributed by atoms with Crippen LogP contribution >= 0.6 is 11.8 Å². The Balaban J connectivity index is 1.77. The highest BCUT2D eigenvalue weighted by molar-refractivity contribution is 8.00. The van der Waals surface area contributed by atoms with Crippen molar-refractivity contribution in [3.63, 3.8) is 0 Å². The van der Waals surface area contributed by atoms with Crippen LogP contribution in [-0.2, 0) is 14.8 Å². The van der Waals surface area contributed by atoms with E-state index < -0.39 is 15.3 Å². The highest BCUT2D eigenvalue weighted by Gasteiger charge is 2.22. The lowest BCUT2D eigenvalue weighted by Crippen LogP contribution is -2.31. The molecule has 0 unspecified atom stereocenters. The van der Waals surface area contributed by atoms with Gasteiger partial charge in [0.25, 0.3) is 0 Å². The Hall–Kier alpha value is -2.61. The Kier molecular flexibility index (Phi) is 7.90. The number of thioether (sulfide) groups is 1. The summed E-state index contributed by atoms with van der Waals surface area (Å²) in [6.07, 6.45) is 0.702. The molecule has 0 saturated carbocycles. The zero-order chi connectivity index (χ0) is 22.3. The van der Waals surface area contributed by atoms with Gasteiger partial charge >= 0.3 is 0 Å². The first-order valence-corrected chi connectivity index (χ1v) is 12.4. The normalized spacial score (nSPS) is 13.4. The summed E-state index contributed by atoms with van der Waals surface area (Å²) in [7, 11) is -3.58. The first kappa shape index (κ1) is 23.1. The number of benzene rings is 3. The van der Waals surface area contributed by atoms with Crippen LogP contribution in [0.2, 0.25) is 0 Å². The van der Waals surface area contributed by atoms with E-state index in [1.807, 2.05) is 74.5 Å². The molecule has 7 heteroatoms. The van der Waals surface area contributed by atoms with Crippen molar-refractivity contribution in [3.05, 3.63) is 90.5 Å².